The van der Waals surface area contributed by atoms with Gasteiger partial charge < -0.3 is 9.90 Å². The number of hydrogen-bond acceptors (Lipinski definition) is 2. The van der Waals surface area contributed by atoms with Crippen LogP contribution in [0.4, 0.5) is 0 Å². The maximum Gasteiger partial charge on any atom is 0.0414 e. The van der Waals surface area contributed by atoms with Gasteiger partial charge in [-0.2, -0.15) is 0 Å². The number of rotatable bonds is 20. The molecule has 0 saturated carbocycles. The third-order valence-electron chi connectivity index (χ3n) is 4.98. The summed E-state index contributed by atoms with van der Waals surface area (Å²) in [4.78, 5) is 10.3. The quantitative estimate of drug-likeness (QED) is 0.115. The van der Waals surface area contributed by atoms with Crippen molar-refractivity contribution in [2.75, 3.05) is 0 Å². The number of hydrogen-bond donors (Lipinski definition) is 0. The maximum absolute atomic E-state index is 10.3. The van der Waals surface area contributed by atoms with E-state index in [0.717, 1.165) is 12.8 Å². The molecule has 0 aromatic carbocycles. The normalized spacial score (nSPS) is 10.2. The van der Waals surface area contributed by atoms with Crippen LogP contribution in [0.2, 0.25) is 0 Å². The summed E-state index contributed by atoms with van der Waals surface area (Å²) in [6.07, 6.45) is 25.7. The molecule has 0 rings (SSSR count). The van der Waals surface area contributed by atoms with Crippen LogP contribution in [0, 0.1) is 0 Å². The summed E-state index contributed by atoms with van der Waals surface area (Å²) in [5.41, 5.74) is 0. The molecule has 0 saturated heterocycles. The molecule has 26 heavy (non-hydrogen) atoms. The monoisotopic (exact) mass is 481 g/mol. The minimum atomic E-state index is -0.901. The van der Waals surface area contributed by atoms with Crippen molar-refractivity contribution in [3.05, 3.63) is 0 Å². The average Bonchev–Trinajstić information content (AvgIpc) is 2.56. The summed E-state index contributed by atoms with van der Waals surface area (Å²) >= 11 is 0. The second-order valence-electron chi connectivity index (χ2n) is 7.49. The van der Waals surface area contributed by atoms with Gasteiger partial charge in [0.25, 0.3) is 0 Å². The molecule has 0 bridgehead atoms. The number of unbranched alkanes of at least 4 members (excludes halogenated alkanes) is 18. The Morgan fingerprint density at radius 3 is 1.00 bits per heavy atom. The molecule has 0 fully saturated rings. The van der Waals surface area contributed by atoms with Gasteiger partial charge in [0.15, 0.2) is 0 Å². The van der Waals surface area contributed by atoms with E-state index in [1.165, 1.54) is 109 Å². The van der Waals surface area contributed by atoms with Crippen molar-refractivity contribution in [1.82, 2.24) is 0 Å². The van der Waals surface area contributed by atoms with Crippen molar-refractivity contribution < 1.29 is 32.3 Å². The summed E-state index contributed by atoms with van der Waals surface area (Å²) in [6.45, 7) is 2.28. The summed E-state index contributed by atoms with van der Waals surface area (Å²) in [6, 6.07) is 0. The van der Waals surface area contributed by atoms with Crippen LogP contribution in [0.25, 0.3) is 0 Å². The fraction of sp³-hybridized carbons (Fsp3) is 0.955. The van der Waals surface area contributed by atoms with Crippen LogP contribution in [0.15, 0.2) is 0 Å². The predicted molar refractivity (Wildman–Crippen MR) is 116 cm³/mol. The van der Waals surface area contributed by atoms with E-state index >= 15 is 0 Å². The first-order valence-electron chi connectivity index (χ1n) is 11.0. The number of carboxylic acid groups (broad SMARTS) is 1. The molecule has 0 aromatic rings. The zero-order chi connectivity index (χ0) is 17.7. The molecule has 0 N–H and O–H groups in total. The van der Waals surface area contributed by atoms with E-state index in [4.69, 9.17) is 0 Å². The molecule has 0 spiro atoms. The van der Waals surface area contributed by atoms with Crippen molar-refractivity contribution in [2.45, 2.75) is 135 Å². The second kappa shape index (κ2) is 27.9. The summed E-state index contributed by atoms with van der Waals surface area (Å²) in [5.74, 6) is -0.901. The van der Waals surface area contributed by atoms with Gasteiger partial charge >= 0.3 is 0 Å². The zero-order valence-corrected chi connectivity index (χ0v) is 21.2. The average molecular weight is 482 g/mol. The van der Waals surface area contributed by atoms with E-state index in [9.17, 15) is 9.90 Å². The Kier molecular flexibility index (Phi) is 33.6. The van der Waals surface area contributed by atoms with E-state index in [2.05, 4.69) is 6.92 Å². The van der Waals surface area contributed by atoms with Gasteiger partial charge in [-0.05, 0) is 22.7 Å². The van der Waals surface area contributed by atoms with Gasteiger partial charge in [-0.25, -0.2) is 0 Å². The number of carbonyl (C=O) groups is 1. The third kappa shape index (κ3) is 29.4. The summed E-state index contributed by atoms with van der Waals surface area (Å²) < 4.78 is 0. The fourth-order valence-corrected chi connectivity index (χ4v) is 3.35. The van der Waals surface area contributed by atoms with Crippen molar-refractivity contribution in [1.29, 1.82) is 0 Å². The summed E-state index contributed by atoms with van der Waals surface area (Å²) in [5, 5.41) is 10.3. The van der Waals surface area contributed by atoms with E-state index in [1.54, 1.807) is 0 Å². The van der Waals surface area contributed by atoms with E-state index in [1.807, 2.05) is 0 Å². The molecule has 1 unspecified atom stereocenters. The summed E-state index contributed by atoms with van der Waals surface area (Å²) in [7, 11) is 0. The van der Waals surface area contributed by atoms with Gasteiger partial charge in [0, 0.05) is 28.3 Å². The van der Waals surface area contributed by atoms with Gasteiger partial charge in [0.05, 0.1) is 0 Å². The molecule has 0 aliphatic rings. The molecule has 4 heteroatoms. The van der Waals surface area contributed by atoms with Gasteiger partial charge in [0.2, 0.25) is 0 Å². The van der Waals surface area contributed by atoms with E-state index in [-0.39, 0.29) is 38.7 Å². The molecule has 0 aromatic heterocycles. The standard InChI is InChI=1S/C22H44O2.Ag.H3P/c1-2-3-4-5-6-7-8-9-10-11-12-13-14-15-16-17-18-19-20-21-22(23)24;;/h2-21H2,1H3,(H,23,24);;1H3. The molecule has 1 atom stereocenters. The fourth-order valence-electron chi connectivity index (χ4n) is 3.35. The van der Waals surface area contributed by atoms with Crippen molar-refractivity contribution >= 4 is 15.9 Å². The largest absolute Gasteiger partial charge is 0.550 e. The number of carboxylic acids is 1. The van der Waals surface area contributed by atoms with Crippen LogP contribution in [0.5, 0.6) is 0 Å². The first-order valence-corrected chi connectivity index (χ1v) is 11.0. The van der Waals surface area contributed by atoms with Crippen LogP contribution in [-0.2, 0) is 27.2 Å². The molecule has 0 heterocycles. The Morgan fingerprint density at radius 2 is 0.769 bits per heavy atom. The first-order chi connectivity index (χ1) is 11.8. The van der Waals surface area contributed by atoms with E-state index < -0.39 is 5.97 Å². The molecule has 2 nitrogen and oxygen atoms in total. The van der Waals surface area contributed by atoms with Crippen molar-refractivity contribution in [3.8, 4) is 0 Å². The SMILES string of the molecule is CCCCCCCCCCCCCCCCCCCCCC(=O)[O-].[Ag].[PH4+]. The second-order valence-corrected chi connectivity index (χ2v) is 7.49. The molecular formula is C22H47AgO2P. The van der Waals surface area contributed by atoms with E-state index in [0.29, 0.717) is 0 Å². The number of aliphatic carboxylic acids is 1. The van der Waals surface area contributed by atoms with Gasteiger partial charge in [0.1, 0.15) is 0 Å². The van der Waals surface area contributed by atoms with Gasteiger partial charge in [-0.3, -0.25) is 0 Å². The maximum atomic E-state index is 10.3. The van der Waals surface area contributed by atoms with Gasteiger partial charge in [-0.15, -0.1) is 0 Å². The molecular weight excluding hydrogens is 435 g/mol. The van der Waals surface area contributed by atoms with Crippen molar-refractivity contribution in [3.63, 3.8) is 0 Å². The minimum absolute atomic E-state index is 0. The smallest absolute Gasteiger partial charge is 0.0414 e. The van der Waals surface area contributed by atoms with Crippen LogP contribution in [0.3, 0.4) is 0 Å². The molecule has 1 radical (unpaired) electrons. The zero-order valence-electron chi connectivity index (χ0n) is 17.8. The minimum Gasteiger partial charge on any atom is -0.550 e. The Balaban J connectivity index is -0.00000264. The predicted octanol–water partition coefficient (Wildman–Crippen LogP) is 6.35. The molecule has 163 valence electrons. The van der Waals surface area contributed by atoms with Crippen LogP contribution in [0.1, 0.15) is 135 Å². The Morgan fingerprint density at radius 1 is 0.538 bits per heavy atom. The Labute approximate surface area is 183 Å². The number of carbonyl (C=O) groups excluding carboxylic acids is 1. The molecule has 0 aliphatic carbocycles. The van der Waals surface area contributed by atoms with Gasteiger partial charge in [-0.1, -0.05) is 122 Å². The third-order valence-corrected chi connectivity index (χ3v) is 4.98. The Bertz CT molecular complexity index is 263. The van der Waals surface area contributed by atoms with Crippen LogP contribution >= 0.6 is 9.90 Å². The molecule has 0 amide bonds. The Hall–Kier alpha value is 0.640. The van der Waals surface area contributed by atoms with Crippen molar-refractivity contribution in [2.24, 2.45) is 0 Å². The molecule has 0 aliphatic heterocycles. The topological polar surface area (TPSA) is 40.1 Å². The first kappa shape index (κ1) is 31.3. The van der Waals surface area contributed by atoms with Crippen LogP contribution in [-0.4, -0.2) is 5.97 Å². The van der Waals surface area contributed by atoms with Crippen LogP contribution < -0.4 is 5.11 Å².